The second kappa shape index (κ2) is 5.21. The maximum absolute atomic E-state index is 12.2. The van der Waals surface area contributed by atoms with E-state index >= 15 is 0 Å². The lowest BCUT2D eigenvalue weighted by molar-refractivity contribution is 0.102. The van der Waals surface area contributed by atoms with Crippen LogP contribution in [0, 0.1) is 0 Å². The Bertz CT molecular complexity index is 895. The molecule has 0 aliphatic rings. The molecule has 1 heterocycles. The van der Waals surface area contributed by atoms with Crippen molar-refractivity contribution in [3.8, 4) is 0 Å². The van der Waals surface area contributed by atoms with E-state index in [-0.39, 0.29) is 5.91 Å². The number of aromatic nitrogens is 1. The number of fused-ring (bicyclic) bond motifs is 1. The van der Waals surface area contributed by atoms with Crippen molar-refractivity contribution in [3.63, 3.8) is 0 Å². The third kappa shape index (κ3) is 2.50. The van der Waals surface area contributed by atoms with Crippen LogP contribution in [0.25, 0.3) is 11.1 Å². The molecule has 5 nitrogen and oxygen atoms in total. The van der Waals surface area contributed by atoms with Crippen LogP contribution in [0.1, 0.15) is 10.4 Å². The molecule has 3 aromatic rings. The van der Waals surface area contributed by atoms with Gasteiger partial charge in [-0.25, -0.2) is 4.79 Å². The lowest BCUT2D eigenvalue weighted by Crippen LogP contribution is -2.12. The lowest BCUT2D eigenvalue weighted by Gasteiger charge is -2.07. The van der Waals surface area contributed by atoms with Crippen LogP contribution < -0.4 is 11.1 Å². The van der Waals surface area contributed by atoms with Gasteiger partial charge in [-0.15, -0.1) is 0 Å². The summed E-state index contributed by atoms with van der Waals surface area (Å²) in [4.78, 5) is 23.7. The molecule has 0 atom stereocenters. The van der Waals surface area contributed by atoms with Gasteiger partial charge in [0, 0.05) is 17.1 Å². The van der Waals surface area contributed by atoms with Crippen LogP contribution in [0.15, 0.2) is 56.1 Å². The third-order valence-electron chi connectivity index (χ3n) is 3.18. The summed E-state index contributed by atoms with van der Waals surface area (Å²) in [5, 5.41) is 2.80. The van der Waals surface area contributed by atoms with Crippen LogP contribution in [-0.2, 0) is 7.05 Å². The highest BCUT2D eigenvalue weighted by atomic mass is 79.9. The van der Waals surface area contributed by atoms with Crippen molar-refractivity contribution in [3.05, 3.63) is 63.1 Å². The molecule has 6 heteroatoms. The minimum absolute atomic E-state index is 0.268. The Morgan fingerprint density at radius 2 is 2.00 bits per heavy atom. The first-order chi connectivity index (χ1) is 10.1. The van der Waals surface area contributed by atoms with Gasteiger partial charge in [-0.05, 0) is 46.3 Å². The van der Waals surface area contributed by atoms with Gasteiger partial charge in [0.05, 0.1) is 11.2 Å². The fraction of sp³-hybridized carbons (Fsp3) is 0.0667. The maximum Gasteiger partial charge on any atom is 0.419 e. The van der Waals surface area contributed by atoms with E-state index in [0.29, 0.717) is 22.4 Å². The van der Waals surface area contributed by atoms with E-state index in [2.05, 4.69) is 21.2 Å². The van der Waals surface area contributed by atoms with Crippen LogP contribution in [0.2, 0.25) is 0 Å². The number of oxazole rings is 1. The van der Waals surface area contributed by atoms with Gasteiger partial charge < -0.3 is 9.73 Å². The molecule has 0 unspecified atom stereocenters. The molecule has 106 valence electrons. The highest BCUT2D eigenvalue weighted by Gasteiger charge is 2.12. The number of carbonyl (C=O) groups excluding carboxylic acids is 1. The zero-order valence-corrected chi connectivity index (χ0v) is 12.7. The third-order valence-corrected chi connectivity index (χ3v) is 3.87. The molecule has 3 rings (SSSR count). The normalized spacial score (nSPS) is 10.8. The van der Waals surface area contributed by atoms with Gasteiger partial charge in [-0.3, -0.25) is 9.36 Å². The summed E-state index contributed by atoms with van der Waals surface area (Å²) in [6.45, 7) is 0. The van der Waals surface area contributed by atoms with Gasteiger partial charge in [0.25, 0.3) is 5.91 Å². The maximum atomic E-state index is 12.2. The summed E-state index contributed by atoms with van der Waals surface area (Å²) in [7, 11) is 1.62. The van der Waals surface area contributed by atoms with Gasteiger partial charge in [-0.1, -0.05) is 12.1 Å². The van der Waals surface area contributed by atoms with Crippen LogP contribution in [0.5, 0.6) is 0 Å². The monoisotopic (exact) mass is 346 g/mol. The molecule has 1 aromatic heterocycles. The molecule has 0 spiro atoms. The van der Waals surface area contributed by atoms with Crippen molar-refractivity contribution < 1.29 is 9.21 Å². The van der Waals surface area contributed by atoms with E-state index in [4.69, 9.17) is 4.42 Å². The number of carbonyl (C=O) groups is 1. The van der Waals surface area contributed by atoms with Crippen molar-refractivity contribution in [1.82, 2.24) is 4.57 Å². The van der Waals surface area contributed by atoms with Gasteiger partial charge >= 0.3 is 5.76 Å². The highest BCUT2D eigenvalue weighted by molar-refractivity contribution is 9.10. The largest absolute Gasteiger partial charge is 0.419 e. The van der Waals surface area contributed by atoms with Crippen molar-refractivity contribution in [2.75, 3.05) is 5.32 Å². The van der Waals surface area contributed by atoms with Gasteiger partial charge in [-0.2, -0.15) is 0 Å². The number of aryl methyl sites for hydroxylation is 1. The van der Waals surface area contributed by atoms with Crippen molar-refractivity contribution in [2.45, 2.75) is 0 Å². The van der Waals surface area contributed by atoms with E-state index < -0.39 is 5.76 Å². The summed E-state index contributed by atoms with van der Waals surface area (Å²) in [6, 6.07) is 12.2. The molecule has 0 saturated carbocycles. The predicted molar refractivity (Wildman–Crippen MR) is 83.6 cm³/mol. The number of benzene rings is 2. The minimum Gasteiger partial charge on any atom is -0.408 e. The summed E-state index contributed by atoms with van der Waals surface area (Å²) >= 11 is 3.37. The quantitative estimate of drug-likeness (QED) is 0.775. The smallest absolute Gasteiger partial charge is 0.408 e. The molecule has 0 bridgehead atoms. The molecule has 0 saturated heterocycles. The van der Waals surface area contributed by atoms with E-state index in [1.54, 1.807) is 31.3 Å². The molecule has 2 aromatic carbocycles. The number of halogens is 1. The first-order valence-corrected chi connectivity index (χ1v) is 7.01. The Balaban J connectivity index is 1.95. The fourth-order valence-corrected chi connectivity index (χ4v) is 2.42. The number of nitrogens with zero attached hydrogens (tertiary/aromatic N) is 1. The average molecular weight is 347 g/mol. The standard InChI is InChI=1S/C15H11BrN2O3/c1-18-12-7-6-9(8-13(12)21-15(18)20)14(19)17-11-5-3-2-4-10(11)16/h2-8H,1H3,(H,17,19). The molecule has 0 radical (unpaired) electrons. The van der Waals surface area contributed by atoms with E-state index in [1.165, 1.54) is 4.57 Å². The number of hydrogen-bond donors (Lipinski definition) is 1. The van der Waals surface area contributed by atoms with Gasteiger partial charge in [0.2, 0.25) is 0 Å². The Kier molecular flexibility index (Phi) is 3.39. The number of rotatable bonds is 2. The molecule has 21 heavy (non-hydrogen) atoms. The summed E-state index contributed by atoms with van der Waals surface area (Å²) in [6.07, 6.45) is 0. The van der Waals surface area contributed by atoms with Crippen LogP contribution in [-0.4, -0.2) is 10.5 Å². The van der Waals surface area contributed by atoms with E-state index in [9.17, 15) is 9.59 Å². The molecule has 0 aliphatic heterocycles. The highest BCUT2D eigenvalue weighted by Crippen LogP contribution is 2.22. The van der Waals surface area contributed by atoms with Crippen LogP contribution >= 0.6 is 15.9 Å². The second-order valence-corrected chi connectivity index (χ2v) is 5.40. The number of anilines is 1. The number of hydrogen-bond acceptors (Lipinski definition) is 3. The van der Waals surface area contributed by atoms with Crippen LogP contribution in [0.3, 0.4) is 0 Å². The van der Waals surface area contributed by atoms with Crippen LogP contribution in [0.4, 0.5) is 5.69 Å². The molecular weight excluding hydrogens is 336 g/mol. The SMILES string of the molecule is Cn1c(=O)oc2cc(C(=O)Nc3ccccc3Br)ccc21. The molecule has 0 aliphatic carbocycles. The van der Waals surface area contributed by atoms with Crippen molar-refractivity contribution in [1.29, 1.82) is 0 Å². The van der Waals surface area contributed by atoms with E-state index in [0.717, 1.165) is 4.47 Å². The number of para-hydroxylation sites is 1. The molecule has 1 amide bonds. The summed E-state index contributed by atoms with van der Waals surface area (Å²) in [5.41, 5.74) is 2.14. The summed E-state index contributed by atoms with van der Waals surface area (Å²) in [5.74, 6) is -0.719. The predicted octanol–water partition coefficient (Wildman–Crippen LogP) is 3.15. The van der Waals surface area contributed by atoms with E-state index in [1.807, 2.05) is 18.2 Å². The topological polar surface area (TPSA) is 64.2 Å². The first-order valence-electron chi connectivity index (χ1n) is 6.22. The molecular formula is C15H11BrN2O3. The minimum atomic E-state index is -0.451. The first kappa shape index (κ1) is 13.6. The Hall–Kier alpha value is -2.34. The second-order valence-electron chi connectivity index (χ2n) is 4.54. The number of amides is 1. The Morgan fingerprint density at radius 3 is 2.76 bits per heavy atom. The zero-order chi connectivity index (χ0) is 15.0. The van der Waals surface area contributed by atoms with Crippen molar-refractivity contribution >= 4 is 38.6 Å². The van der Waals surface area contributed by atoms with Crippen molar-refractivity contribution in [2.24, 2.45) is 7.05 Å². The number of nitrogens with one attached hydrogen (secondary N) is 1. The molecule has 0 fully saturated rings. The lowest BCUT2D eigenvalue weighted by atomic mass is 10.2. The average Bonchev–Trinajstić information content (AvgIpc) is 2.76. The Labute approximate surface area is 128 Å². The Morgan fingerprint density at radius 1 is 1.24 bits per heavy atom. The molecule has 1 N–H and O–H groups in total. The van der Waals surface area contributed by atoms with Gasteiger partial charge in [0.15, 0.2) is 5.58 Å². The zero-order valence-electron chi connectivity index (χ0n) is 11.1. The van der Waals surface area contributed by atoms with Gasteiger partial charge in [0.1, 0.15) is 0 Å². The summed E-state index contributed by atoms with van der Waals surface area (Å²) < 4.78 is 7.27. The fourth-order valence-electron chi connectivity index (χ4n) is 2.03.